The molecule has 0 atom stereocenters. The molecule has 1 aromatic carbocycles. The molecule has 0 bridgehead atoms. The molecule has 0 saturated carbocycles. The Kier molecular flexibility index (Phi) is 4.02. The lowest BCUT2D eigenvalue weighted by atomic mass is 10.2. The van der Waals surface area contributed by atoms with Gasteiger partial charge in [-0.05, 0) is 48.7 Å². The number of thiophene rings is 1. The van der Waals surface area contributed by atoms with E-state index in [-0.39, 0.29) is 5.28 Å². The second kappa shape index (κ2) is 5.79. The van der Waals surface area contributed by atoms with Gasteiger partial charge in [0, 0.05) is 15.6 Å². The first kappa shape index (κ1) is 14.6. The van der Waals surface area contributed by atoms with Crippen LogP contribution in [0.3, 0.4) is 0 Å². The largest absolute Gasteiger partial charge is 0.339 e. The van der Waals surface area contributed by atoms with Crippen LogP contribution in [0.5, 0.6) is 0 Å². The first-order valence-electron chi connectivity index (χ1n) is 6.56. The van der Waals surface area contributed by atoms with Gasteiger partial charge in [-0.25, -0.2) is 4.98 Å². The van der Waals surface area contributed by atoms with Crippen LogP contribution >= 0.6 is 34.5 Å². The molecule has 0 spiro atoms. The summed E-state index contributed by atoms with van der Waals surface area (Å²) in [6.45, 7) is 4.14. The fourth-order valence-electron chi connectivity index (χ4n) is 2.07. The Hall–Kier alpha value is -1.36. The van der Waals surface area contributed by atoms with E-state index in [0.717, 1.165) is 27.9 Å². The van der Waals surface area contributed by atoms with Crippen molar-refractivity contribution in [1.29, 1.82) is 0 Å². The predicted molar refractivity (Wildman–Crippen MR) is 91.3 cm³/mol. The molecule has 0 saturated heterocycles. The van der Waals surface area contributed by atoms with Crippen molar-refractivity contribution < 1.29 is 0 Å². The number of aryl methyl sites for hydroxylation is 2. The Morgan fingerprint density at radius 2 is 2.00 bits per heavy atom. The molecule has 108 valence electrons. The summed E-state index contributed by atoms with van der Waals surface area (Å²) in [4.78, 5) is 10.8. The molecule has 2 aromatic heterocycles. The minimum atomic E-state index is 0.245. The number of fused-ring (bicyclic) bond motifs is 1. The number of halogens is 2. The summed E-state index contributed by atoms with van der Waals surface area (Å²) >= 11 is 13.7. The van der Waals surface area contributed by atoms with Gasteiger partial charge >= 0.3 is 0 Å². The molecular weight excluding hydrogens is 325 g/mol. The summed E-state index contributed by atoms with van der Waals surface area (Å²) in [6.07, 6.45) is 0.967. The molecule has 3 rings (SSSR count). The van der Waals surface area contributed by atoms with Crippen LogP contribution in [0.2, 0.25) is 10.3 Å². The van der Waals surface area contributed by atoms with Crippen LogP contribution in [0.4, 0.5) is 11.5 Å². The highest BCUT2D eigenvalue weighted by Crippen LogP contribution is 2.33. The Morgan fingerprint density at radius 1 is 1.19 bits per heavy atom. The van der Waals surface area contributed by atoms with Gasteiger partial charge in [-0.2, -0.15) is 4.98 Å². The van der Waals surface area contributed by atoms with Gasteiger partial charge in [0.2, 0.25) is 5.28 Å². The number of aromatic nitrogens is 2. The molecule has 6 heteroatoms. The zero-order valence-corrected chi connectivity index (χ0v) is 13.9. The molecule has 0 aliphatic carbocycles. The zero-order valence-electron chi connectivity index (χ0n) is 11.6. The number of nitrogens with zero attached hydrogens (tertiary/aromatic N) is 2. The van der Waals surface area contributed by atoms with E-state index in [1.165, 1.54) is 4.88 Å². The molecule has 0 amide bonds. The van der Waals surface area contributed by atoms with Crippen molar-refractivity contribution in [3.63, 3.8) is 0 Å². The van der Waals surface area contributed by atoms with Gasteiger partial charge in [0.05, 0.1) is 5.39 Å². The topological polar surface area (TPSA) is 37.8 Å². The fourth-order valence-corrected chi connectivity index (χ4v) is 3.43. The third kappa shape index (κ3) is 2.98. The van der Waals surface area contributed by atoms with Crippen LogP contribution < -0.4 is 5.32 Å². The summed E-state index contributed by atoms with van der Waals surface area (Å²) in [6, 6.07) is 7.82. The lowest BCUT2D eigenvalue weighted by Crippen LogP contribution is -1.97. The van der Waals surface area contributed by atoms with E-state index in [1.54, 1.807) is 11.3 Å². The molecule has 3 aromatic rings. The van der Waals surface area contributed by atoms with Gasteiger partial charge in [0.1, 0.15) is 10.6 Å². The van der Waals surface area contributed by atoms with E-state index in [2.05, 4.69) is 28.3 Å². The van der Waals surface area contributed by atoms with Gasteiger partial charge in [-0.1, -0.05) is 24.6 Å². The molecule has 0 fully saturated rings. The zero-order chi connectivity index (χ0) is 15.0. The summed E-state index contributed by atoms with van der Waals surface area (Å²) in [5.74, 6) is 0.714. The van der Waals surface area contributed by atoms with Crippen LogP contribution in [0.15, 0.2) is 24.3 Å². The maximum atomic E-state index is 6.06. The predicted octanol–water partition coefficient (Wildman–Crippen LogP) is 5.61. The van der Waals surface area contributed by atoms with E-state index in [9.17, 15) is 0 Å². The van der Waals surface area contributed by atoms with Crippen LogP contribution in [0.25, 0.3) is 10.2 Å². The number of hydrogen-bond donors (Lipinski definition) is 1. The maximum absolute atomic E-state index is 6.06. The van der Waals surface area contributed by atoms with Gasteiger partial charge < -0.3 is 5.32 Å². The second-order valence-electron chi connectivity index (χ2n) is 4.71. The number of rotatable bonds is 3. The van der Waals surface area contributed by atoms with Crippen molar-refractivity contribution in [3.05, 3.63) is 45.0 Å². The van der Waals surface area contributed by atoms with E-state index >= 15 is 0 Å². The average molecular weight is 338 g/mol. The monoisotopic (exact) mass is 337 g/mol. The molecule has 21 heavy (non-hydrogen) atoms. The Balaban J connectivity index is 2.11. The third-order valence-electron chi connectivity index (χ3n) is 3.22. The minimum absolute atomic E-state index is 0.245. The lowest BCUT2D eigenvalue weighted by Gasteiger charge is -2.10. The van der Waals surface area contributed by atoms with Crippen molar-refractivity contribution in [2.75, 3.05) is 5.32 Å². The van der Waals surface area contributed by atoms with Crippen molar-refractivity contribution >= 4 is 56.3 Å². The standard InChI is InChI=1S/C15H13Cl2N3S/c1-3-10-7-11-13(19-15(17)20-14(11)21-10)18-12-6-9(16)5-4-8(12)2/h4-7H,3H2,1-2H3,(H,18,19,20). The van der Waals surface area contributed by atoms with E-state index < -0.39 is 0 Å². The SMILES string of the molecule is CCc1cc2c(Nc3cc(Cl)ccc3C)nc(Cl)nc2s1. The highest BCUT2D eigenvalue weighted by Gasteiger charge is 2.11. The molecule has 0 aliphatic rings. The Labute approximate surface area is 137 Å². The van der Waals surface area contributed by atoms with Crippen molar-refractivity contribution in [2.24, 2.45) is 0 Å². The second-order valence-corrected chi connectivity index (χ2v) is 6.60. The number of nitrogens with one attached hydrogen (secondary N) is 1. The highest BCUT2D eigenvalue weighted by atomic mass is 35.5. The van der Waals surface area contributed by atoms with Gasteiger partial charge in [-0.15, -0.1) is 11.3 Å². The van der Waals surface area contributed by atoms with Crippen LogP contribution in [0.1, 0.15) is 17.4 Å². The summed E-state index contributed by atoms with van der Waals surface area (Å²) in [7, 11) is 0. The molecule has 1 N–H and O–H groups in total. The maximum Gasteiger partial charge on any atom is 0.225 e. The third-order valence-corrected chi connectivity index (χ3v) is 4.80. The van der Waals surface area contributed by atoms with Gasteiger partial charge in [0.25, 0.3) is 0 Å². The number of benzene rings is 1. The van der Waals surface area contributed by atoms with Crippen molar-refractivity contribution in [1.82, 2.24) is 9.97 Å². The fraction of sp³-hybridized carbons (Fsp3) is 0.200. The molecule has 0 unspecified atom stereocenters. The number of anilines is 2. The van der Waals surface area contributed by atoms with Gasteiger partial charge in [0.15, 0.2) is 0 Å². The van der Waals surface area contributed by atoms with Crippen molar-refractivity contribution in [2.45, 2.75) is 20.3 Å². The molecule has 0 radical (unpaired) electrons. The molecular formula is C15H13Cl2N3S. The van der Waals surface area contributed by atoms with Gasteiger partial charge in [-0.3, -0.25) is 0 Å². The van der Waals surface area contributed by atoms with E-state index in [0.29, 0.717) is 10.8 Å². The summed E-state index contributed by atoms with van der Waals surface area (Å²) < 4.78 is 0. The van der Waals surface area contributed by atoms with Crippen LogP contribution in [0, 0.1) is 6.92 Å². The minimum Gasteiger partial charge on any atom is -0.339 e. The Bertz CT molecular complexity index is 814. The normalized spacial score (nSPS) is 11.0. The summed E-state index contributed by atoms with van der Waals surface area (Å²) in [5, 5.41) is 5.23. The average Bonchev–Trinajstić information content (AvgIpc) is 2.86. The summed E-state index contributed by atoms with van der Waals surface area (Å²) in [5.41, 5.74) is 2.01. The quantitative estimate of drug-likeness (QED) is 0.631. The smallest absolute Gasteiger partial charge is 0.225 e. The molecule has 3 nitrogen and oxygen atoms in total. The lowest BCUT2D eigenvalue weighted by molar-refractivity contribution is 1.19. The van der Waals surface area contributed by atoms with E-state index in [4.69, 9.17) is 23.2 Å². The van der Waals surface area contributed by atoms with E-state index in [1.807, 2.05) is 25.1 Å². The highest BCUT2D eigenvalue weighted by molar-refractivity contribution is 7.18. The van der Waals surface area contributed by atoms with Crippen molar-refractivity contribution in [3.8, 4) is 0 Å². The molecule has 2 heterocycles. The first-order valence-corrected chi connectivity index (χ1v) is 8.13. The Morgan fingerprint density at radius 3 is 2.76 bits per heavy atom. The van der Waals surface area contributed by atoms with Crippen LogP contribution in [-0.4, -0.2) is 9.97 Å². The molecule has 0 aliphatic heterocycles. The number of hydrogen-bond acceptors (Lipinski definition) is 4. The van der Waals surface area contributed by atoms with Crippen LogP contribution in [-0.2, 0) is 6.42 Å². The first-order chi connectivity index (χ1) is 10.1.